The molecule has 0 N–H and O–H groups in total. The fourth-order valence-electron chi connectivity index (χ4n) is 1.32. The molecule has 0 nitrogen and oxygen atoms in total. The van der Waals surface area contributed by atoms with Crippen LogP contribution >= 0.6 is 43.2 Å². The first-order valence-electron chi connectivity index (χ1n) is 10.0. The van der Waals surface area contributed by atoms with E-state index in [0.717, 1.165) is 11.3 Å². The van der Waals surface area contributed by atoms with Crippen LogP contribution in [0.15, 0.2) is 69.4 Å². The van der Waals surface area contributed by atoms with E-state index in [4.69, 9.17) is 13.7 Å². The smallest absolute Gasteiger partial charge is 0.0638 e. The number of rotatable bonds is 2. The number of hydrogen-bond donors (Lipinski definition) is 0. The van der Waals surface area contributed by atoms with Crippen molar-refractivity contribution < 1.29 is 13.7 Å². The van der Waals surface area contributed by atoms with Crippen LogP contribution in [0.3, 0.4) is 0 Å². The molecule has 0 bridgehead atoms. The Hall–Kier alpha value is -0.900. The predicted molar refractivity (Wildman–Crippen MR) is 90.6 cm³/mol. The van der Waals surface area contributed by atoms with Gasteiger partial charge in [0.25, 0.3) is 0 Å². The Morgan fingerprint density at radius 1 is 0.632 bits per heavy atom. The second-order valence-corrected chi connectivity index (χ2v) is 5.99. The van der Waals surface area contributed by atoms with E-state index in [9.17, 15) is 0 Å². The summed E-state index contributed by atoms with van der Waals surface area (Å²) in [6.07, 6.45) is 0. The minimum absolute atomic E-state index is 0.00530. The normalized spacial score (nSPS) is 18.0. The lowest BCUT2D eigenvalue weighted by Crippen LogP contribution is -1.71. The minimum atomic E-state index is -0.380. The third kappa shape index (κ3) is 2.99. The highest BCUT2D eigenvalue weighted by atomic mass is 79.9. The first kappa shape index (κ1) is 5.84. The Morgan fingerprint density at radius 2 is 1.00 bits per heavy atom. The first-order chi connectivity index (χ1) is 13.4. The predicted octanol–water partition coefficient (Wildman–Crippen LogP) is 6.61. The molecule has 0 unspecified atom stereocenters. The van der Waals surface area contributed by atoms with Crippen LogP contribution in [-0.2, 0) is 0 Å². The van der Waals surface area contributed by atoms with E-state index < -0.39 is 0 Å². The summed E-state index contributed by atoms with van der Waals surface area (Å²) in [5.74, 6) is 0. The molecule has 0 atom stereocenters. The van der Waals surface area contributed by atoms with Crippen molar-refractivity contribution in [3.63, 3.8) is 0 Å². The van der Waals surface area contributed by atoms with Gasteiger partial charge in [-0.3, -0.25) is 0 Å². The fraction of sp³-hybridized carbons (Fsp3) is 0. The molecule has 0 amide bonds. The van der Waals surface area contributed by atoms with Gasteiger partial charge in [0.05, 0.1) is 13.7 Å². The molecule has 0 radical (unpaired) electrons. The Labute approximate surface area is 147 Å². The zero-order valence-corrected chi connectivity index (χ0v) is 13.2. The lowest BCUT2D eigenvalue weighted by molar-refractivity contribution is 1.64. The molecular weight excluding hydrogens is 384 g/mol. The molecular formula is C16H10Br2S. The summed E-state index contributed by atoms with van der Waals surface area (Å²) in [5.41, 5.74) is -0.296. The lowest BCUT2D eigenvalue weighted by Gasteiger charge is -1.98. The molecule has 0 aliphatic rings. The fourth-order valence-corrected chi connectivity index (χ4v) is 2.53. The second kappa shape index (κ2) is 5.61. The summed E-state index contributed by atoms with van der Waals surface area (Å²) in [4.78, 5) is -0.0106. The van der Waals surface area contributed by atoms with Crippen LogP contribution in [-0.4, -0.2) is 0 Å². The van der Waals surface area contributed by atoms with Crippen molar-refractivity contribution in [1.29, 1.82) is 0 Å². The summed E-state index contributed by atoms with van der Waals surface area (Å²) in [7, 11) is 0. The van der Waals surface area contributed by atoms with Crippen LogP contribution in [0.2, 0.25) is 0 Å². The molecule has 94 valence electrons. The lowest BCUT2D eigenvalue weighted by atomic mass is 10.2. The van der Waals surface area contributed by atoms with Gasteiger partial charge in [0.2, 0.25) is 0 Å². The zero-order valence-electron chi connectivity index (χ0n) is 19.2. The van der Waals surface area contributed by atoms with Gasteiger partial charge in [-0.15, -0.1) is 11.3 Å². The zero-order chi connectivity index (χ0) is 21.9. The number of thiophene rings is 1. The molecule has 0 fully saturated rings. The quantitative estimate of drug-likeness (QED) is 0.451. The maximum Gasteiger partial charge on any atom is 0.0638 e. The van der Waals surface area contributed by atoms with Crippen molar-refractivity contribution in [1.82, 2.24) is 0 Å². The van der Waals surface area contributed by atoms with Crippen molar-refractivity contribution in [2.75, 3.05) is 0 Å². The molecule has 3 heteroatoms. The first-order valence-corrected chi connectivity index (χ1v) is 7.44. The number of hydrogen-bond acceptors (Lipinski definition) is 1. The third-order valence-corrected chi connectivity index (χ3v) is 3.95. The van der Waals surface area contributed by atoms with Crippen LogP contribution in [0.1, 0.15) is 13.7 Å². The van der Waals surface area contributed by atoms with Crippen molar-refractivity contribution >= 4 is 43.2 Å². The molecule has 0 spiro atoms. The molecule has 1 aromatic heterocycles. The van der Waals surface area contributed by atoms with Gasteiger partial charge in [0.1, 0.15) is 0 Å². The molecule has 3 rings (SSSR count). The van der Waals surface area contributed by atoms with Gasteiger partial charge in [0.15, 0.2) is 0 Å². The van der Waals surface area contributed by atoms with Crippen LogP contribution in [0.25, 0.3) is 20.9 Å². The highest BCUT2D eigenvalue weighted by Gasteiger charge is 2.04. The Kier molecular flexibility index (Phi) is 1.73. The van der Waals surface area contributed by atoms with Gasteiger partial charge in [-0.2, -0.15) is 0 Å². The SMILES string of the molecule is [2H]c1c(-c2c([2H])c([2H])c(Br)c([2H])c2[2H])sc(-c2c([2H])c([2H])c(Br)c([2H])c2[2H])c1[2H]. The summed E-state index contributed by atoms with van der Waals surface area (Å²) >= 11 is 6.80. The molecule has 1 heterocycles. The van der Waals surface area contributed by atoms with E-state index >= 15 is 0 Å². The van der Waals surface area contributed by atoms with Crippen LogP contribution in [0.4, 0.5) is 0 Å². The monoisotopic (exact) mass is 402 g/mol. The van der Waals surface area contributed by atoms with E-state index in [0.29, 0.717) is 0 Å². The molecule has 19 heavy (non-hydrogen) atoms. The summed E-state index contributed by atoms with van der Waals surface area (Å²) in [6.45, 7) is 0. The van der Waals surface area contributed by atoms with Crippen molar-refractivity contribution in [3.05, 3.63) is 69.4 Å². The topological polar surface area (TPSA) is 0 Å². The van der Waals surface area contributed by atoms with Crippen molar-refractivity contribution in [2.45, 2.75) is 0 Å². The largest absolute Gasteiger partial charge is 0.135 e. The average molecular weight is 404 g/mol. The van der Waals surface area contributed by atoms with Crippen LogP contribution in [0, 0.1) is 0 Å². The van der Waals surface area contributed by atoms with Gasteiger partial charge >= 0.3 is 0 Å². The standard InChI is InChI=1S/C16H10Br2S/c17-13-5-1-11(2-6-13)15-9-10-16(19-15)12-3-7-14(18)8-4-12/h1-10H/i1D,2D,3D,4D,5D,6D,7D,8D,9D,10D. The van der Waals surface area contributed by atoms with E-state index in [1.807, 2.05) is 0 Å². The van der Waals surface area contributed by atoms with Crippen molar-refractivity contribution in [2.24, 2.45) is 0 Å². The molecule has 2 aromatic carbocycles. The Balaban J connectivity index is 2.40. The molecule has 0 aliphatic heterocycles. The average Bonchev–Trinajstić information content (AvgIpc) is 2.97. The summed E-state index contributed by atoms with van der Waals surface area (Å²) in [5, 5.41) is 0. The third-order valence-electron chi connectivity index (χ3n) is 2.14. The van der Waals surface area contributed by atoms with Crippen molar-refractivity contribution in [3.8, 4) is 20.9 Å². The highest BCUT2D eigenvalue weighted by molar-refractivity contribution is 9.10. The Morgan fingerprint density at radius 3 is 1.37 bits per heavy atom. The van der Waals surface area contributed by atoms with Gasteiger partial charge in [-0.1, -0.05) is 56.0 Å². The molecule has 0 aliphatic carbocycles. The van der Waals surface area contributed by atoms with E-state index in [-0.39, 0.29) is 90.3 Å². The Bertz CT molecular complexity index is 1040. The van der Waals surface area contributed by atoms with Crippen LogP contribution < -0.4 is 0 Å². The van der Waals surface area contributed by atoms with E-state index in [1.54, 1.807) is 0 Å². The second-order valence-electron chi connectivity index (χ2n) is 3.39. The molecule has 3 aromatic rings. The van der Waals surface area contributed by atoms with Gasteiger partial charge in [-0.25, -0.2) is 0 Å². The minimum Gasteiger partial charge on any atom is -0.135 e. The number of halogens is 2. The highest BCUT2D eigenvalue weighted by Crippen LogP contribution is 2.35. The summed E-state index contributed by atoms with van der Waals surface area (Å²) < 4.78 is 81.1. The van der Waals surface area contributed by atoms with E-state index in [1.165, 1.54) is 0 Å². The maximum absolute atomic E-state index is 8.28. The molecule has 0 saturated heterocycles. The number of benzene rings is 2. The molecule has 0 saturated carbocycles. The maximum atomic E-state index is 8.28. The van der Waals surface area contributed by atoms with Gasteiger partial charge in [-0.05, 0) is 47.4 Å². The van der Waals surface area contributed by atoms with E-state index in [2.05, 4.69) is 31.9 Å². The van der Waals surface area contributed by atoms with Gasteiger partial charge in [0, 0.05) is 18.7 Å². The van der Waals surface area contributed by atoms with Crippen LogP contribution in [0.5, 0.6) is 0 Å². The summed E-state index contributed by atoms with van der Waals surface area (Å²) in [6, 6.07) is -3.55. The van der Waals surface area contributed by atoms with Gasteiger partial charge < -0.3 is 0 Å².